The van der Waals surface area contributed by atoms with Gasteiger partial charge in [0, 0.05) is 13.1 Å². The highest BCUT2D eigenvalue weighted by molar-refractivity contribution is 5.88. The third kappa shape index (κ3) is 10.1. The number of nitrogens with zero attached hydrogens (tertiary/aromatic N) is 2. The molecule has 0 aliphatic rings. The Balaban J connectivity index is 2.11. The fourth-order valence-electron chi connectivity index (χ4n) is 3.11. The van der Waals surface area contributed by atoms with Crippen LogP contribution >= 0.6 is 0 Å². The van der Waals surface area contributed by atoms with E-state index in [1.165, 1.54) is 9.80 Å². The molecular weight excluding hydrogens is 432 g/mol. The van der Waals surface area contributed by atoms with Crippen molar-refractivity contribution < 1.29 is 23.9 Å². The topological polar surface area (TPSA) is 76.2 Å². The van der Waals surface area contributed by atoms with E-state index in [1.54, 1.807) is 0 Å². The van der Waals surface area contributed by atoms with Crippen molar-refractivity contribution in [3.05, 3.63) is 71.8 Å². The zero-order valence-electron chi connectivity index (χ0n) is 20.6. The second-order valence-electron chi connectivity index (χ2n) is 9.16. The van der Waals surface area contributed by atoms with Gasteiger partial charge in [0.1, 0.15) is 0 Å². The Labute approximate surface area is 202 Å². The molecule has 0 saturated carbocycles. The molecule has 2 aromatic rings. The lowest BCUT2D eigenvalue weighted by Crippen LogP contribution is -2.42. The third-order valence-electron chi connectivity index (χ3n) is 4.76. The molecule has 7 nitrogen and oxygen atoms in total. The van der Waals surface area contributed by atoms with Crippen molar-refractivity contribution in [1.29, 1.82) is 0 Å². The number of amides is 2. The zero-order valence-corrected chi connectivity index (χ0v) is 20.6. The van der Waals surface area contributed by atoms with Gasteiger partial charge in [0.25, 0.3) is 0 Å². The second kappa shape index (κ2) is 14.0. The van der Waals surface area contributed by atoms with E-state index in [-0.39, 0.29) is 57.0 Å². The molecule has 2 rings (SSSR count). The van der Waals surface area contributed by atoms with Gasteiger partial charge < -0.3 is 9.47 Å². The van der Waals surface area contributed by atoms with E-state index in [0.717, 1.165) is 11.1 Å². The van der Waals surface area contributed by atoms with Crippen molar-refractivity contribution in [3.63, 3.8) is 0 Å². The predicted molar refractivity (Wildman–Crippen MR) is 131 cm³/mol. The first kappa shape index (κ1) is 26.9. The van der Waals surface area contributed by atoms with Crippen LogP contribution in [-0.4, -0.2) is 54.1 Å². The minimum atomic E-state index is -0.553. The van der Waals surface area contributed by atoms with Gasteiger partial charge >= 0.3 is 12.2 Å². The lowest BCUT2D eigenvalue weighted by molar-refractivity contribution is -0.121. The van der Waals surface area contributed by atoms with E-state index in [1.807, 2.05) is 88.4 Å². The van der Waals surface area contributed by atoms with Gasteiger partial charge in [-0.25, -0.2) is 9.59 Å². The summed E-state index contributed by atoms with van der Waals surface area (Å²) in [7, 11) is 0. The fourth-order valence-corrected chi connectivity index (χ4v) is 3.11. The van der Waals surface area contributed by atoms with Crippen LogP contribution in [0.25, 0.3) is 0 Å². The molecule has 34 heavy (non-hydrogen) atoms. The molecule has 2 amide bonds. The van der Waals surface area contributed by atoms with Crippen LogP contribution in [0.5, 0.6) is 0 Å². The van der Waals surface area contributed by atoms with Crippen molar-refractivity contribution in [1.82, 2.24) is 9.80 Å². The van der Waals surface area contributed by atoms with E-state index in [4.69, 9.17) is 9.47 Å². The maximum atomic E-state index is 13.0. The smallest absolute Gasteiger partial charge is 0.410 e. The minimum Gasteiger partial charge on any atom is -0.449 e. The highest BCUT2D eigenvalue weighted by Crippen LogP contribution is 2.10. The number of Topliss-reactive ketones (excluding diaryl/α,β-unsaturated/α-hetero) is 1. The van der Waals surface area contributed by atoms with Crippen LogP contribution < -0.4 is 0 Å². The number of hydrogen-bond donors (Lipinski definition) is 0. The first-order valence-electron chi connectivity index (χ1n) is 11.7. The SMILES string of the molecule is CC(C)COC(=O)N(CC(=O)CN(Cc1ccccc1)C(=O)OCC(C)C)Cc1ccccc1. The van der Waals surface area contributed by atoms with Gasteiger partial charge in [-0.05, 0) is 23.0 Å². The predicted octanol–water partition coefficient (Wildman–Crippen LogP) is 5.15. The summed E-state index contributed by atoms with van der Waals surface area (Å²) in [5.41, 5.74) is 1.77. The maximum absolute atomic E-state index is 13.0. The van der Waals surface area contributed by atoms with Crippen LogP contribution in [0.15, 0.2) is 60.7 Å². The molecule has 0 spiro atoms. The highest BCUT2D eigenvalue weighted by atomic mass is 16.6. The van der Waals surface area contributed by atoms with Crippen LogP contribution in [-0.2, 0) is 27.4 Å². The zero-order chi connectivity index (χ0) is 24.9. The van der Waals surface area contributed by atoms with Crippen molar-refractivity contribution in [2.75, 3.05) is 26.3 Å². The molecule has 0 radical (unpaired) electrons. The Morgan fingerprint density at radius 2 is 1.00 bits per heavy atom. The Kier molecular flexibility index (Phi) is 11.1. The molecule has 0 atom stereocenters. The number of ether oxygens (including phenoxy) is 2. The quantitative estimate of drug-likeness (QED) is 0.431. The van der Waals surface area contributed by atoms with E-state index >= 15 is 0 Å². The van der Waals surface area contributed by atoms with E-state index in [9.17, 15) is 14.4 Å². The minimum absolute atomic E-state index is 0.172. The Morgan fingerprint density at radius 3 is 1.32 bits per heavy atom. The highest BCUT2D eigenvalue weighted by Gasteiger charge is 2.24. The van der Waals surface area contributed by atoms with Crippen LogP contribution in [0, 0.1) is 11.8 Å². The van der Waals surface area contributed by atoms with Crippen LogP contribution in [0.3, 0.4) is 0 Å². The summed E-state index contributed by atoms with van der Waals surface area (Å²) >= 11 is 0. The molecule has 0 aliphatic heterocycles. The van der Waals surface area contributed by atoms with Gasteiger partial charge in [-0.15, -0.1) is 0 Å². The number of carbonyl (C=O) groups is 3. The monoisotopic (exact) mass is 468 g/mol. The summed E-state index contributed by atoms with van der Waals surface area (Å²) in [6, 6.07) is 18.8. The average Bonchev–Trinajstić information content (AvgIpc) is 2.81. The molecule has 0 fully saturated rings. The number of benzene rings is 2. The normalized spacial score (nSPS) is 10.8. The summed E-state index contributed by atoms with van der Waals surface area (Å²) in [4.78, 5) is 41.2. The molecule has 0 aromatic heterocycles. The molecule has 0 aliphatic carbocycles. The summed E-state index contributed by atoms with van der Waals surface area (Å²) in [5.74, 6) is 0.0699. The molecule has 2 aromatic carbocycles. The number of ketones is 1. The number of rotatable bonds is 12. The fraction of sp³-hybridized carbons (Fsp3) is 0.444. The standard InChI is InChI=1S/C27H36N2O5/c1-21(2)19-33-26(31)28(15-23-11-7-5-8-12-23)17-25(30)18-29(27(32)34-20-22(3)4)16-24-13-9-6-10-14-24/h5-14,21-22H,15-20H2,1-4H3. The lowest BCUT2D eigenvalue weighted by atomic mass is 10.2. The van der Waals surface area contributed by atoms with Crippen molar-refractivity contribution >= 4 is 18.0 Å². The maximum Gasteiger partial charge on any atom is 0.410 e. The second-order valence-corrected chi connectivity index (χ2v) is 9.16. The average molecular weight is 469 g/mol. The summed E-state index contributed by atoms with van der Waals surface area (Å²) < 4.78 is 10.8. The number of carbonyl (C=O) groups excluding carboxylic acids is 3. The molecule has 184 valence electrons. The summed E-state index contributed by atoms with van der Waals surface area (Å²) in [6.45, 7) is 8.45. The van der Waals surface area contributed by atoms with Crippen molar-refractivity contribution in [2.45, 2.75) is 40.8 Å². The summed E-state index contributed by atoms with van der Waals surface area (Å²) in [6.07, 6.45) is -1.11. The van der Waals surface area contributed by atoms with Gasteiger partial charge in [0.2, 0.25) is 0 Å². The van der Waals surface area contributed by atoms with Crippen LogP contribution in [0.2, 0.25) is 0 Å². The van der Waals surface area contributed by atoms with Gasteiger partial charge in [-0.2, -0.15) is 0 Å². The summed E-state index contributed by atoms with van der Waals surface area (Å²) in [5, 5.41) is 0. The Bertz CT molecular complexity index is 826. The lowest BCUT2D eigenvalue weighted by Gasteiger charge is -2.25. The first-order valence-corrected chi connectivity index (χ1v) is 11.7. The van der Waals surface area contributed by atoms with Crippen molar-refractivity contribution in [3.8, 4) is 0 Å². The van der Waals surface area contributed by atoms with Crippen molar-refractivity contribution in [2.24, 2.45) is 11.8 Å². The third-order valence-corrected chi connectivity index (χ3v) is 4.76. The van der Waals surface area contributed by atoms with Gasteiger partial charge in [-0.3, -0.25) is 14.6 Å². The number of hydrogen-bond acceptors (Lipinski definition) is 5. The van der Waals surface area contributed by atoms with E-state index in [0.29, 0.717) is 0 Å². The first-order chi connectivity index (χ1) is 16.2. The molecule has 7 heteroatoms. The van der Waals surface area contributed by atoms with E-state index < -0.39 is 12.2 Å². The Morgan fingerprint density at radius 1 is 0.647 bits per heavy atom. The molecular formula is C27H36N2O5. The van der Waals surface area contributed by atoms with Crippen LogP contribution in [0.1, 0.15) is 38.8 Å². The Hall–Kier alpha value is -3.35. The molecule has 0 heterocycles. The van der Waals surface area contributed by atoms with Gasteiger partial charge in [0.05, 0.1) is 26.3 Å². The van der Waals surface area contributed by atoms with Crippen LogP contribution in [0.4, 0.5) is 9.59 Å². The molecule has 0 saturated heterocycles. The van der Waals surface area contributed by atoms with E-state index in [2.05, 4.69) is 0 Å². The molecule has 0 unspecified atom stereocenters. The van der Waals surface area contributed by atoms with Gasteiger partial charge in [-0.1, -0.05) is 88.4 Å². The molecule has 0 bridgehead atoms. The molecule has 0 N–H and O–H groups in total. The largest absolute Gasteiger partial charge is 0.449 e. The van der Waals surface area contributed by atoms with Gasteiger partial charge in [0.15, 0.2) is 5.78 Å².